The molecule has 2 heterocycles. The van der Waals surface area contributed by atoms with E-state index in [1.165, 1.54) is 5.56 Å². The number of nitrogens with zero attached hydrogens (tertiary/aromatic N) is 1. The van der Waals surface area contributed by atoms with E-state index < -0.39 is 10.0 Å². The standard InChI is InChI=1S/C21H25N3O3S.ClH/c25-21-9-6-17-14-19(7-8-20(17)22-21)28(26,27)23-18-10-12-24(13-11-18)15-16-4-2-1-3-5-16;/h1-5,7-8,14,18,23H,6,9-13,15H2,(H,22,25);1H. The molecule has 0 spiro atoms. The summed E-state index contributed by atoms with van der Waals surface area (Å²) >= 11 is 0. The Balaban J connectivity index is 0.00000240. The Hall–Kier alpha value is -1.93. The Labute approximate surface area is 178 Å². The van der Waals surface area contributed by atoms with E-state index in [0.29, 0.717) is 18.5 Å². The van der Waals surface area contributed by atoms with Gasteiger partial charge in [0, 0.05) is 37.8 Å². The van der Waals surface area contributed by atoms with Crippen molar-refractivity contribution in [3.8, 4) is 0 Å². The largest absolute Gasteiger partial charge is 0.326 e. The van der Waals surface area contributed by atoms with Crippen LogP contribution in [0.3, 0.4) is 0 Å². The van der Waals surface area contributed by atoms with E-state index in [-0.39, 0.29) is 29.3 Å². The number of nitrogens with one attached hydrogen (secondary N) is 2. The molecular formula is C21H26ClN3O3S. The maximum Gasteiger partial charge on any atom is 0.240 e. The molecule has 0 aliphatic carbocycles. The van der Waals surface area contributed by atoms with Crippen LogP contribution in [0.5, 0.6) is 0 Å². The number of hydrogen-bond donors (Lipinski definition) is 2. The van der Waals surface area contributed by atoms with Crippen molar-refractivity contribution in [1.29, 1.82) is 0 Å². The summed E-state index contributed by atoms with van der Waals surface area (Å²) in [4.78, 5) is 14.1. The van der Waals surface area contributed by atoms with Crippen LogP contribution in [0.4, 0.5) is 5.69 Å². The van der Waals surface area contributed by atoms with Gasteiger partial charge in [-0.15, -0.1) is 12.4 Å². The summed E-state index contributed by atoms with van der Waals surface area (Å²) in [5, 5.41) is 2.78. The van der Waals surface area contributed by atoms with Gasteiger partial charge < -0.3 is 5.32 Å². The van der Waals surface area contributed by atoms with Gasteiger partial charge in [-0.05, 0) is 48.6 Å². The highest BCUT2D eigenvalue weighted by Gasteiger charge is 2.26. The summed E-state index contributed by atoms with van der Waals surface area (Å²) < 4.78 is 28.5. The van der Waals surface area contributed by atoms with Gasteiger partial charge in [0.1, 0.15) is 0 Å². The number of carbonyl (C=O) groups excluding carboxylic acids is 1. The fraction of sp³-hybridized carbons (Fsp3) is 0.381. The molecule has 1 saturated heterocycles. The van der Waals surface area contributed by atoms with Gasteiger partial charge in [0.15, 0.2) is 0 Å². The molecule has 2 aliphatic rings. The number of aryl methyl sites for hydroxylation is 1. The maximum absolute atomic E-state index is 12.8. The Morgan fingerprint density at radius 2 is 1.76 bits per heavy atom. The Morgan fingerprint density at radius 1 is 1.03 bits per heavy atom. The second-order valence-corrected chi connectivity index (χ2v) is 9.24. The number of carbonyl (C=O) groups is 1. The first kappa shape index (κ1) is 21.8. The number of sulfonamides is 1. The van der Waals surface area contributed by atoms with E-state index in [1.807, 2.05) is 18.2 Å². The van der Waals surface area contributed by atoms with Crippen LogP contribution in [0.1, 0.15) is 30.4 Å². The minimum atomic E-state index is -3.56. The van der Waals surface area contributed by atoms with Crippen molar-refractivity contribution in [2.24, 2.45) is 0 Å². The number of halogens is 1. The van der Waals surface area contributed by atoms with Crippen molar-refractivity contribution >= 4 is 34.0 Å². The van der Waals surface area contributed by atoms with Crippen molar-refractivity contribution < 1.29 is 13.2 Å². The third kappa shape index (κ3) is 5.36. The number of hydrogen-bond acceptors (Lipinski definition) is 4. The predicted molar refractivity (Wildman–Crippen MR) is 116 cm³/mol. The number of benzene rings is 2. The van der Waals surface area contributed by atoms with Crippen LogP contribution < -0.4 is 10.0 Å². The molecule has 0 bridgehead atoms. The summed E-state index contributed by atoms with van der Waals surface area (Å²) in [5.41, 5.74) is 2.87. The van der Waals surface area contributed by atoms with Crippen molar-refractivity contribution in [2.45, 2.75) is 43.2 Å². The minimum absolute atomic E-state index is 0. The summed E-state index contributed by atoms with van der Waals surface area (Å²) in [5.74, 6) is -0.0245. The molecule has 0 atom stereocenters. The van der Waals surface area contributed by atoms with Crippen molar-refractivity contribution in [2.75, 3.05) is 18.4 Å². The van der Waals surface area contributed by atoms with E-state index in [9.17, 15) is 13.2 Å². The molecule has 0 radical (unpaired) electrons. The van der Waals surface area contributed by atoms with E-state index in [0.717, 1.165) is 38.0 Å². The first-order chi connectivity index (χ1) is 13.5. The fourth-order valence-electron chi connectivity index (χ4n) is 3.86. The van der Waals surface area contributed by atoms with E-state index in [2.05, 4.69) is 27.1 Å². The Bertz CT molecular complexity index is 958. The van der Waals surface area contributed by atoms with Crippen LogP contribution in [-0.2, 0) is 27.8 Å². The van der Waals surface area contributed by atoms with Crippen LogP contribution in [0, 0.1) is 0 Å². The van der Waals surface area contributed by atoms with Gasteiger partial charge in [-0.25, -0.2) is 13.1 Å². The molecule has 2 N–H and O–H groups in total. The SMILES string of the molecule is Cl.O=C1CCc2cc(S(=O)(=O)NC3CCN(Cc4ccccc4)CC3)ccc2N1. The molecule has 2 aromatic carbocycles. The van der Waals surface area contributed by atoms with Gasteiger partial charge in [0.05, 0.1) is 4.90 Å². The number of likely N-dealkylation sites (tertiary alicyclic amines) is 1. The van der Waals surface area contributed by atoms with Crippen LogP contribution >= 0.6 is 12.4 Å². The summed E-state index contributed by atoms with van der Waals surface area (Å²) in [6.45, 7) is 2.65. The summed E-state index contributed by atoms with van der Waals surface area (Å²) in [6, 6.07) is 15.2. The maximum atomic E-state index is 12.8. The summed E-state index contributed by atoms with van der Waals surface area (Å²) in [7, 11) is -3.56. The Morgan fingerprint density at radius 3 is 2.48 bits per heavy atom. The molecule has 1 amide bonds. The molecule has 2 aliphatic heterocycles. The molecule has 0 unspecified atom stereocenters. The van der Waals surface area contributed by atoms with Gasteiger partial charge in [-0.1, -0.05) is 30.3 Å². The van der Waals surface area contributed by atoms with Gasteiger partial charge in [-0.3, -0.25) is 9.69 Å². The lowest BCUT2D eigenvalue weighted by Crippen LogP contribution is -2.44. The normalized spacial score (nSPS) is 17.9. The van der Waals surface area contributed by atoms with E-state index >= 15 is 0 Å². The third-order valence-corrected chi connectivity index (χ3v) is 6.96. The van der Waals surface area contributed by atoms with E-state index in [4.69, 9.17) is 0 Å². The molecule has 1 fully saturated rings. The molecule has 156 valence electrons. The lowest BCUT2D eigenvalue weighted by Gasteiger charge is -2.32. The van der Waals surface area contributed by atoms with Gasteiger partial charge >= 0.3 is 0 Å². The zero-order valence-electron chi connectivity index (χ0n) is 16.1. The second-order valence-electron chi connectivity index (χ2n) is 7.52. The topological polar surface area (TPSA) is 78.5 Å². The van der Waals surface area contributed by atoms with Crippen LogP contribution in [-0.4, -0.2) is 38.4 Å². The molecule has 6 nitrogen and oxygen atoms in total. The fourth-order valence-corrected chi connectivity index (χ4v) is 5.22. The average molecular weight is 436 g/mol. The highest BCUT2D eigenvalue weighted by Crippen LogP contribution is 2.26. The van der Waals surface area contributed by atoms with Crippen molar-refractivity contribution in [1.82, 2.24) is 9.62 Å². The quantitative estimate of drug-likeness (QED) is 0.756. The van der Waals surface area contributed by atoms with Gasteiger partial charge in [-0.2, -0.15) is 0 Å². The number of fused-ring (bicyclic) bond motifs is 1. The van der Waals surface area contributed by atoms with Crippen LogP contribution in [0.15, 0.2) is 53.4 Å². The molecule has 0 saturated carbocycles. The average Bonchev–Trinajstić information content (AvgIpc) is 2.69. The Kier molecular flexibility index (Phi) is 6.95. The zero-order chi connectivity index (χ0) is 19.6. The van der Waals surface area contributed by atoms with Crippen LogP contribution in [0.25, 0.3) is 0 Å². The number of rotatable bonds is 5. The lowest BCUT2D eigenvalue weighted by molar-refractivity contribution is -0.116. The van der Waals surface area contributed by atoms with Crippen molar-refractivity contribution in [3.63, 3.8) is 0 Å². The van der Waals surface area contributed by atoms with E-state index in [1.54, 1.807) is 18.2 Å². The zero-order valence-corrected chi connectivity index (χ0v) is 17.8. The lowest BCUT2D eigenvalue weighted by atomic mass is 10.0. The van der Waals surface area contributed by atoms with Gasteiger partial charge in [0.2, 0.25) is 15.9 Å². The molecule has 0 aromatic heterocycles. The smallest absolute Gasteiger partial charge is 0.240 e. The first-order valence-electron chi connectivity index (χ1n) is 9.71. The first-order valence-corrected chi connectivity index (χ1v) is 11.2. The number of anilines is 1. The molecule has 29 heavy (non-hydrogen) atoms. The van der Waals surface area contributed by atoms with Crippen LogP contribution in [0.2, 0.25) is 0 Å². The molecule has 8 heteroatoms. The molecule has 2 aromatic rings. The molecule has 4 rings (SSSR count). The predicted octanol–water partition coefficient (Wildman–Crippen LogP) is 2.94. The molecular weight excluding hydrogens is 410 g/mol. The highest BCUT2D eigenvalue weighted by molar-refractivity contribution is 7.89. The minimum Gasteiger partial charge on any atom is -0.326 e. The third-order valence-electron chi connectivity index (χ3n) is 5.44. The second kappa shape index (κ2) is 9.26. The van der Waals surface area contributed by atoms with Gasteiger partial charge in [0.25, 0.3) is 0 Å². The summed E-state index contributed by atoms with van der Waals surface area (Å²) in [6.07, 6.45) is 2.56. The van der Waals surface area contributed by atoms with Crippen molar-refractivity contribution in [3.05, 3.63) is 59.7 Å². The highest BCUT2D eigenvalue weighted by atomic mass is 35.5. The number of piperidine rings is 1. The monoisotopic (exact) mass is 435 g/mol. The number of amides is 1.